The number of carbonyl (C=O) groups excluding carboxylic acids is 3. The highest BCUT2D eigenvalue weighted by Crippen LogP contribution is 2.52. The number of alkyl halides is 4. The quantitative estimate of drug-likeness (QED) is 0.217. The lowest BCUT2D eigenvalue weighted by Crippen LogP contribution is -2.61. The summed E-state index contributed by atoms with van der Waals surface area (Å²) in [6.45, 7) is 0.948. The molecule has 0 bridgehead atoms. The first-order valence-corrected chi connectivity index (χ1v) is 12.5. The van der Waals surface area contributed by atoms with Crippen LogP contribution in [0.3, 0.4) is 0 Å². The molecule has 11 nitrogen and oxygen atoms in total. The fourth-order valence-electron chi connectivity index (χ4n) is 5.67. The predicted molar refractivity (Wildman–Crippen MR) is 129 cm³/mol. The second kappa shape index (κ2) is 9.98. The Morgan fingerprint density at radius 2 is 1.69 bits per heavy atom. The van der Waals surface area contributed by atoms with Crippen molar-refractivity contribution in [3.05, 3.63) is 51.6 Å². The van der Waals surface area contributed by atoms with Crippen LogP contribution in [0.4, 0.5) is 17.6 Å². The first kappa shape index (κ1) is 29.8. The molecule has 2 aromatic carbocycles. The average molecular weight is 600 g/mol. The van der Waals surface area contributed by atoms with Gasteiger partial charge in [0.2, 0.25) is 5.78 Å². The number of ether oxygens (including phenoxy) is 3. The third-order valence-electron chi connectivity index (χ3n) is 7.88. The number of ketones is 3. The average Bonchev–Trinajstić information content (AvgIpc) is 2.92. The molecule has 1 saturated heterocycles. The summed E-state index contributed by atoms with van der Waals surface area (Å²) in [7, 11) is 1.22. The standard InChI is InChI=1S/C27H24F4O11/c1-8(32)26(39)6-10-14(12(7-26)41-25-17(28)22(37)23(38)24(42-25)27(29,30)31)21(36)16-15(19(10)34)18(33)9-4-3-5-11(40-2)13(9)20(16)35/h3-5,12,17,22-25,34,36-39H,6-7H2,1-2H3/t12?,17?,22?,23?,24?,25?,26-/m0/s1. The molecule has 1 aliphatic heterocycles. The van der Waals surface area contributed by atoms with Crippen LogP contribution in [0.2, 0.25) is 0 Å². The number of methoxy groups -OCH3 is 1. The number of fused-ring (bicyclic) bond motifs is 3. The fourth-order valence-corrected chi connectivity index (χ4v) is 5.67. The summed E-state index contributed by atoms with van der Waals surface area (Å²) in [5.74, 6) is -4.78. The number of phenolic OH excluding ortho intramolecular Hbond substituents is 2. The lowest BCUT2D eigenvalue weighted by Gasteiger charge is -2.43. The van der Waals surface area contributed by atoms with Gasteiger partial charge in [-0.2, -0.15) is 13.2 Å². The molecule has 3 aliphatic rings. The molecule has 5 rings (SSSR count). The van der Waals surface area contributed by atoms with Crippen molar-refractivity contribution in [2.24, 2.45) is 0 Å². The maximum absolute atomic E-state index is 15.0. The van der Waals surface area contributed by atoms with Crippen LogP contribution >= 0.6 is 0 Å². The number of benzene rings is 2. The van der Waals surface area contributed by atoms with Crippen molar-refractivity contribution >= 4 is 17.3 Å². The van der Waals surface area contributed by atoms with E-state index in [0.29, 0.717) is 0 Å². The lowest BCUT2D eigenvalue weighted by molar-refractivity contribution is -0.353. The minimum Gasteiger partial charge on any atom is -0.507 e. The summed E-state index contributed by atoms with van der Waals surface area (Å²) in [4.78, 5) is 39.5. The molecular formula is C27H24F4O11. The number of carbonyl (C=O) groups is 3. The molecule has 0 aromatic heterocycles. The van der Waals surface area contributed by atoms with Crippen molar-refractivity contribution in [1.82, 2.24) is 0 Å². The zero-order valence-corrected chi connectivity index (χ0v) is 21.8. The van der Waals surface area contributed by atoms with Gasteiger partial charge in [-0.05, 0) is 13.0 Å². The van der Waals surface area contributed by atoms with Gasteiger partial charge < -0.3 is 39.7 Å². The Balaban J connectivity index is 1.68. The molecule has 0 spiro atoms. The number of phenols is 2. The number of rotatable bonds is 4. The zero-order valence-electron chi connectivity index (χ0n) is 21.8. The lowest BCUT2D eigenvalue weighted by atomic mass is 9.72. The van der Waals surface area contributed by atoms with Crippen molar-refractivity contribution in [2.45, 2.75) is 68.4 Å². The van der Waals surface area contributed by atoms with Gasteiger partial charge in [-0.15, -0.1) is 0 Å². The van der Waals surface area contributed by atoms with E-state index < -0.39 is 113 Å². The molecule has 15 heteroatoms. The van der Waals surface area contributed by atoms with E-state index in [4.69, 9.17) is 9.47 Å². The van der Waals surface area contributed by atoms with Gasteiger partial charge in [0.25, 0.3) is 0 Å². The number of aliphatic hydroxyl groups is 3. The number of aromatic hydroxyl groups is 2. The van der Waals surface area contributed by atoms with Crippen LogP contribution in [-0.2, 0) is 20.7 Å². The van der Waals surface area contributed by atoms with Crippen LogP contribution in [-0.4, -0.2) is 92.5 Å². The SMILES string of the molecule is COc1cccc2c1C(=O)c1c(O)c3c(c(O)c1C2=O)C[C@@](O)(C(C)=O)CC3OC1OC(C(F)(F)F)C(O)C(O)C1F. The summed E-state index contributed by atoms with van der Waals surface area (Å²) in [6, 6.07) is 4.04. The molecule has 2 aromatic rings. The summed E-state index contributed by atoms with van der Waals surface area (Å²) < 4.78 is 70.5. The monoisotopic (exact) mass is 600 g/mol. The smallest absolute Gasteiger partial charge is 0.417 e. The number of hydrogen-bond donors (Lipinski definition) is 5. The van der Waals surface area contributed by atoms with Crippen molar-refractivity contribution in [3.8, 4) is 17.2 Å². The van der Waals surface area contributed by atoms with Gasteiger partial charge in [-0.3, -0.25) is 14.4 Å². The zero-order chi connectivity index (χ0) is 31.0. The van der Waals surface area contributed by atoms with Gasteiger partial charge in [-0.1, -0.05) is 12.1 Å². The van der Waals surface area contributed by atoms with Crippen LogP contribution in [0.25, 0.3) is 0 Å². The van der Waals surface area contributed by atoms with Crippen LogP contribution < -0.4 is 4.74 Å². The summed E-state index contributed by atoms with van der Waals surface area (Å²) in [6.07, 6.45) is -22.6. The summed E-state index contributed by atoms with van der Waals surface area (Å²) >= 11 is 0. The van der Waals surface area contributed by atoms with E-state index in [0.717, 1.165) is 6.92 Å². The highest BCUT2D eigenvalue weighted by atomic mass is 19.4. The summed E-state index contributed by atoms with van der Waals surface area (Å²) in [5, 5.41) is 53.4. The molecule has 0 saturated carbocycles. The molecular weight excluding hydrogens is 576 g/mol. The van der Waals surface area contributed by atoms with E-state index in [9.17, 15) is 57.5 Å². The molecule has 5 N–H and O–H groups in total. The topological polar surface area (TPSA) is 180 Å². The number of aliphatic hydroxyl groups excluding tert-OH is 2. The van der Waals surface area contributed by atoms with Crippen LogP contribution in [0, 0.1) is 0 Å². The van der Waals surface area contributed by atoms with Crippen molar-refractivity contribution in [2.75, 3.05) is 7.11 Å². The molecule has 0 amide bonds. The van der Waals surface area contributed by atoms with E-state index in [1.54, 1.807) is 0 Å². The van der Waals surface area contributed by atoms with Crippen molar-refractivity contribution in [3.63, 3.8) is 0 Å². The van der Waals surface area contributed by atoms with E-state index in [1.807, 2.05) is 0 Å². The maximum atomic E-state index is 15.0. The Labute approximate surface area is 233 Å². The molecule has 1 fully saturated rings. The van der Waals surface area contributed by atoms with Crippen LogP contribution in [0.5, 0.6) is 17.2 Å². The normalized spacial score (nSPS) is 30.8. The first-order valence-electron chi connectivity index (χ1n) is 12.5. The molecule has 226 valence electrons. The van der Waals surface area contributed by atoms with Gasteiger partial charge in [0.15, 0.2) is 30.1 Å². The minimum absolute atomic E-state index is 0.0477. The maximum Gasteiger partial charge on any atom is 0.417 e. The van der Waals surface area contributed by atoms with Gasteiger partial charge in [0.05, 0.1) is 29.9 Å². The first-order chi connectivity index (χ1) is 19.5. The third kappa shape index (κ3) is 4.34. The highest BCUT2D eigenvalue weighted by molar-refractivity contribution is 6.31. The Bertz CT molecular complexity index is 1510. The van der Waals surface area contributed by atoms with Gasteiger partial charge in [0, 0.05) is 29.5 Å². The van der Waals surface area contributed by atoms with E-state index in [1.165, 1.54) is 25.3 Å². The van der Waals surface area contributed by atoms with Crippen molar-refractivity contribution in [1.29, 1.82) is 0 Å². The largest absolute Gasteiger partial charge is 0.507 e. The number of halogens is 4. The third-order valence-corrected chi connectivity index (χ3v) is 7.88. The van der Waals surface area contributed by atoms with Gasteiger partial charge >= 0.3 is 6.18 Å². The highest BCUT2D eigenvalue weighted by Gasteiger charge is 2.57. The number of hydrogen-bond acceptors (Lipinski definition) is 11. The molecule has 7 atom stereocenters. The fraction of sp³-hybridized carbons (Fsp3) is 0.444. The predicted octanol–water partition coefficient (Wildman–Crippen LogP) is 1.55. The minimum atomic E-state index is -5.29. The van der Waals surface area contributed by atoms with Gasteiger partial charge in [-0.25, -0.2) is 4.39 Å². The summed E-state index contributed by atoms with van der Waals surface area (Å²) in [5.41, 5.74) is -5.24. The molecule has 1 heterocycles. The molecule has 42 heavy (non-hydrogen) atoms. The van der Waals surface area contributed by atoms with Gasteiger partial charge in [0.1, 0.15) is 35.1 Å². The van der Waals surface area contributed by atoms with Crippen LogP contribution in [0.15, 0.2) is 18.2 Å². The van der Waals surface area contributed by atoms with E-state index >= 15 is 0 Å². The Hall–Kier alpha value is -3.63. The Morgan fingerprint density at radius 1 is 1.05 bits per heavy atom. The molecule has 2 aliphatic carbocycles. The molecule has 0 radical (unpaired) electrons. The van der Waals surface area contributed by atoms with Crippen molar-refractivity contribution < 1.29 is 71.7 Å². The van der Waals surface area contributed by atoms with E-state index in [2.05, 4.69) is 4.74 Å². The number of Topliss-reactive ketones (excluding diaryl/α,β-unsaturated/α-hetero) is 1. The second-order valence-electron chi connectivity index (χ2n) is 10.4. The van der Waals surface area contributed by atoms with E-state index in [-0.39, 0.29) is 16.9 Å². The van der Waals surface area contributed by atoms with Crippen LogP contribution in [0.1, 0.15) is 62.4 Å². The second-order valence-corrected chi connectivity index (χ2v) is 10.4. The Morgan fingerprint density at radius 3 is 2.29 bits per heavy atom. The Kier molecular flexibility index (Phi) is 7.09. The molecule has 6 unspecified atom stereocenters.